The molecule has 3 heterocycles. The summed E-state index contributed by atoms with van der Waals surface area (Å²) in [6.45, 7) is 1.80. The van der Waals surface area contributed by atoms with Gasteiger partial charge in [-0.15, -0.1) is 0 Å². The van der Waals surface area contributed by atoms with Crippen molar-refractivity contribution in [2.75, 3.05) is 18.5 Å². The molecule has 3 aromatic rings. The molecule has 6 rings (SSSR count). The summed E-state index contributed by atoms with van der Waals surface area (Å²) < 4.78 is 5.66. The Kier molecular flexibility index (Phi) is 4.29. The minimum absolute atomic E-state index is 0.292. The average Bonchev–Trinajstić information content (AvgIpc) is 3.53. The number of nitrogens with zero attached hydrogens (tertiary/aromatic N) is 2. The van der Waals surface area contributed by atoms with Crippen molar-refractivity contribution in [3.8, 4) is 0 Å². The number of nitrogens with one attached hydrogen (secondary N) is 2. The fraction of sp³-hybridized carbons (Fsp3) is 0.500. The molecular formula is C24H28N4O. The van der Waals surface area contributed by atoms with Crippen LogP contribution in [0.15, 0.2) is 36.7 Å². The number of fused-ring (bicyclic) bond motifs is 2. The molecule has 0 bridgehead atoms. The van der Waals surface area contributed by atoms with Crippen LogP contribution in [0, 0.1) is 11.8 Å². The highest BCUT2D eigenvalue weighted by atomic mass is 16.5. The first-order valence-electron chi connectivity index (χ1n) is 11.1. The second-order valence-electron chi connectivity index (χ2n) is 8.96. The van der Waals surface area contributed by atoms with E-state index in [1.54, 1.807) is 6.33 Å². The third-order valence-corrected chi connectivity index (χ3v) is 7.19. The van der Waals surface area contributed by atoms with Crippen molar-refractivity contribution in [3.63, 3.8) is 0 Å². The number of hydrogen-bond acceptors (Lipinski definition) is 4. The van der Waals surface area contributed by atoms with Gasteiger partial charge in [-0.3, -0.25) is 0 Å². The molecule has 2 aliphatic carbocycles. The summed E-state index contributed by atoms with van der Waals surface area (Å²) in [4.78, 5) is 12.7. The van der Waals surface area contributed by atoms with E-state index in [1.165, 1.54) is 55.3 Å². The van der Waals surface area contributed by atoms with Crippen LogP contribution in [0.5, 0.6) is 0 Å². The number of aryl methyl sites for hydroxylation is 1. The lowest BCUT2D eigenvalue weighted by Crippen LogP contribution is -2.35. The van der Waals surface area contributed by atoms with E-state index in [9.17, 15) is 0 Å². The highest BCUT2D eigenvalue weighted by molar-refractivity contribution is 5.88. The van der Waals surface area contributed by atoms with Crippen LogP contribution in [0.25, 0.3) is 11.0 Å². The Labute approximate surface area is 171 Å². The lowest BCUT2D eigenvalue weighted by atomic mass is 9.71. The van der Waals surface area contributed by atoms with Gasteiger partial charge in [0.25, 0.3) is 0 Å². The van der Waals surface area contributed by atoms with Crippen molar-refractivity contribution >= 4 is 16.9 Å². The van der Waals surface area contributed by atoms with E-state index in [2.05, 4.69) is 50.6 Å². The van der Waals surface area contributed by atoms with Gasteiger partial charge in [0.2, 0.25) is 0 Å². The third kappa shape index (κ3) is 3.21. The molecule has 3 aliphatic rings. The van der Waals surface area contributed by atoms with Crippen molar-refractivity contribution < 1.29 is 4.74 Å². The Morgan fingerprint density at radius 1 is 1.00 bits per heavy atom. The molecule has 2 N–H and O–H groups in total. The van der Waals surface area contributed by atoms with E-state index < -0.39 is 0 Å². The van der Waals surface area contributed by atoms with E-state index in [1.807, 2.05) is 0 Å². The highest BCUT2D eigenvalue weighted by Crippen LogP contribution is 2.45. The molecule has 5 heteroatoms. The lowest BCUT2D eigenvalue weighted by Gasteiger charge is -2.40. The maximum Gasteiger partial charge on any atom is 0.143 e. The minimum Gasteiger partial charge on any atom is -0.381 e. The van der Waals surface area contributed by atoms with Crippen molar-refractivity contribution in [1.82, 2.24) is 15.0 Å². The SMILES string of the molecule is c1ccc2c(c1)CCC(C1CCOCC1)[C@H]2Nc1ncnc2[nH]c(C3CC3)cc12. The van der Waals surface area contributed by atoms with Gasteiger partial charge in [-0.25, -0.2) is 9.97 Å². The van der Waals surface area contributed by atoms with Gasteiger partial charge in [-0.2, -0.15) is 0 Å². The second-order valence-corrected chi connectivity index (χ2v) is 8.96. The number of anilines is 1. The average molecular weight is 389 g/mol. The molecule has 1 aromatic carbocycles. The summed E-state index contributed by atoms with van der Waals surface area (Å²) in [5.41, 5.74) is 5.19. The molecule has 2 fully saturated rings. The minimum atomic E-state index is 0.292. The summed E-state index contributed by atoms with van der Waals surface area (Å²) in [5, 5.41) is 5.02. The number of aromatic nitrogens is 3. The third-order valence-electron chi connectivity index (χ3n) is 7.19. The van der Waals surface area contributed by atoms with E-state index in [0.717, 1.165) is 30.1 Å². The molecule has 29 heavy (non-hydrogen) atoms. The van der Waals surface area contributed by atoms with Gasteiger partial charge in [0, 0.05) is 18.9 Å². The first-order valence-corrected chi connectivity index (χ1v) is 11.1. The molecule has 0 amide bonds. The molecule has 5 nitrogen and oxygen atoms in total. The molecule has 1 aliphatic heterocycles. The monoisotopic (exact) mass is 388 g/mol. The van der Waals surface area contributed by atoms with E-state index in [4.69, 9.17) is 4.74 Å². The molecule has 0 radical (unpaired) electrons. The molecular weight excluding hydrogens is 360 g/mol. The van der Waals surface area contributed by atoms with Crippen molar-refractivity contribution in [1.29, 1.82) is 0 Å². The van der Waals surface area contributed by atoms with Gasteiger partial charge < -0.3 is 15.0 Å². The summed E-state index contributed by atoms with van der Waals surface area (Å²) in [6, 6.07) is 11.5. The maximum atomic E-state index is 5.66. The van der Waals surface area contributed by atoms with Gasteiger partial charge in [0.1, 0.15) is 17.8 Å². The summed E-state index contributed by atoms with van der Waals surface area (Å²) in [5.74, 6) is 2.97. The van der Waals surface area contributed by atoms with Crippen LogP contribution >= 0.6 is 0 Å². The Morgan fingerprint density at radius 2 is 1.86 bits per heavy atom. The van der Waals surface area contributed by atoms with Gasteiger partial charge in [0.15, 0.2) is 0 Å². The Bertz CT molecular complexity index is 1020. The van der Waals surface area contributed by atoms with E-state index in [-0.39, 0.29) is 0 Å². The smallest absolute Gasteiger partial charge is 0.143 e. The largest absolute Gasteiger partial charge is 0.381 e. The maximum absolute atomic E-state index is 5.66. The van der Waals surface area contributed by atoms with Crippen molar-refractivity contribution in [3.05, 3.63) is 53.5 Å². The van der Waals surface area contributed by atoms with Gasteiger partial charge in [-0.05, 0) is 73.5 Å². The number of ether oxygens (including phenoxy) is 1. The number of hydrogen-bond donors (Lipinski definition) is 2. The molecule has 1 saturated carbocycles. The van der Waals surface area contributed by atoms with Crippen molar-refractivity contribution in [2.45, 2.75) is 50.5 Å². The fourth-order valence-corrected chi connectivity index (χ4v) is 5.46. The lowest BCUT2D eigenvalue weighted by molar-refractivity contribution is 0.0397. The van der Waals surface area contributed by atoms with Crippen molar-refractivity contribution in [2.24, 2.45) is 11.8 Å². The standard InChI is InChI=1S/C24H28N4O/c1-2-4-18-15(3-1)7-8-19(16-9-11-29-12-10-16)22(18)28-24-20-13-21(17-5-6-17)27-23(20)25-14-26-24/h1-4,13-14,16-17,19,22H,5-12H2,(H2,25,26,27,28)/t19?,22-/m0/s1. The number of aromatic amines is 1. The zero-order valence-electron chi connectivity index (χ0n) is 16.7. The number of benzene rings is 1. The molecule has 2 atom stereocenters. The normalized spacial score (nSPS) is 25.1. The molecule has 1 saturated heterocycles. The first-order chi connectivity index (χ1) is 14.4. The Hall–Kier alpha value is -2.40. The number of rotatable bonds is 4. The van der Waals surface area contributed by atoms with Gasteiger partial charge in [0.05, 0.1) is 11.4 Å². The topological polar surface area (TPSA) is 62.8 Å². The van der Waals surface area contributed by atoms with Crippen LogP contribution in [0.1, 0.15) is 60.9 Å². The molecule has 0 spiro atoms. The summed E-state index contributed by atoms with van der Waals surface area (Å²) in [7, 11) is 0. The molecule has 150 valence electrons. The zero-order valence-corrected chi connectivity index (χ0v) is 16.7. The van der Waals surface area contributed by atoms with Crippen LogP contribution in [0.3, 0.4) is 0 Å². The second kappa shape index (κ2) is 7.13. The Balaban J connectivity index is 1.38. The van der Waals surface area contributed by atoms with Crippen LogP contribution in [-0.2, 0) is 11.2 Å². The molecule has 1 unspecified atom stereocenters. The van der Waals surface area contributed by atoms with E-state index >= 15 is 0 Å². The first kappa shape index (κ1) is 17.5. The zero-order chi connectivity index (χ0) is 19.2. The number of H-pyrrole nitrogens is 1. The van der Waals surface area contributed by atoms with Crippen LogP contribution in [0.2, 0.25) is 0 Å². The van der Waals surface area contributed by atoms with Crippen LogP contribution < -0.4 is 5.32 Å². The van der Waals surface area contributed by atoms with Crippen LogP contribution in [0.4, 0.5) is 5.82 Å². The Morgan fingerprint density at radius 3 is 2.72 bits per heavy atom. The molecule has 2 aromatic heterocycles. The predicted molar refractivity (Wildman–Crippen MR) is 114 cm³/mol. The highest BCUT2D eigenvalue weighted by Gasteiger charge is 2.36. The summed E-state index contributed by atoms with van der Waals surface area (Å²) in [6.07, 6.45) is 8.99. The van der Waals surface area contributed by atoms with Crippen LogP contribution in [-0.4, -0.2) is 28.2 Å². The van der Waals surface area contributed by atoms with Gasteiger partial charge >= 0.3 is 0 Å². The quantitative estimate of drug-likeness (QED) is 0.662. The van der Waals surface area contributed by atoms with E-state index in [0.29, 0.717) is 23.8 Å². The summed E-state index contributed by atoms with van der Waals surface area (Å²) >= 11 is 0. The van der Waals surface area contributed by atoms with Gasteiger partial charge in [-0.1, -0.05) is 24.3 Å². The predicted octanol–water partition coefficient (Wildman–Crippen LogP) is 4.98. The fourth-order valence-electron chi connectivity index (χ4n) is 5.46.